The van der Waals surface area contributed by atoms with Gasteiger partial charge in [-0.15, -0.1) is 24.0 Å². The Morgan fingerprint density at radius 1 is 1.04 bits per heavy atom. The van der Waals surface area contributed by atoms with Crippen molar-refractivity contribution < 1.29 is 0 Å². The van der Waals surface area contributed by atoms with E-state index in [9.17, 15) is 0 Å². The summed E-state index contributed by atoms with van der Waals surface area (Å²) in [7, 11) is 0. The van der Waals surface area contributed by atoms with Crippen molar-refractivity contribution in [2.24, 2.45) is 10.9 Å². The number of aromatic nitrogens is 1. The predicted molar refractivity (Wildman–Crippen MR) is 116 cm³/mol. The molecule has 2 aromatic rings. The van der Waals surface area contributed by atoms with Gasteiger partial charge < -0.3 is 10.6 Å². The number of halogens is 1. The van der Waals surface area contributed by atoms with Crippen LogP contribution in [0.25, 0.3) is 0 Å². The Morgan fingerprint density at radius 3 is 2.36 bits per heavy atom. The molecule has 1 atom stereocenters. The monoisotopic (exact) mass is 452 g/mol. The van der Waals surface area contributed by atoms with E-state index < -0.39 is 0 Å². The number of nitrogens with zero attached hydrogens (tertiary/aromatic N) is 2. The summed E-state index contributed by atoms with van der Waals surface area (Å²) in [6.07, 6.45) is 1.80. The summed E-state index contributed by atoms with van der Waals surface area (Å²) in [5.74, 6) is 1.84. The fourth-order valence-corrected chi connectivity index (χ4v) is 2.64. The third kappa shape index (κ3) is 7.42. The van der Waals surface area contributed by atoms with Crippen molar-refractivity contribution in [1.82, 2.24) is 15.6 Å². The first-order valence-corrected chi connectivity index (χ1v) is 8.67. The van der Waals surface area contributed by atoms with E-state index in [1.54, 1.807) is 6.20 Å². The average Bonchev–Trinajstić information content (AvgIpc) is 2.61. The van der Waals surface area contributed by atoms with Crippen molar-refractivity contribution in [3.05, 3.63) is 66.0 Å². The molecule has 0 spiro atoms. The second kappa shape index (κ2) is 11.8. The maximum Gasteiger partial charge on any atom is 0.191 e. The van der Waals surface area contributed by atoms with Crippen LogP contribution >= 0.6 is 24.0 Å². The lowest BCUT2D eigenvalue weighted by Crippen LogP contribution is -2.40. The van der Waals surface area contributed by atoms with Crippen LogP contribution in [0.2, 0.25) is 0 Å². The van der Waals surface area contributed by atoms with E-state index in [0.717, 1.165) is 24.7 Å². The SMILES string of the molecule is CCNC(=NCc1ccccn1)NCC(c1ccccc1)C(C)C.I. The minimum Gasteiger partial charge on any atom is -0.357 e. The molecule has 25 heavy (non-hydrogen) atoms. The molecule has 0 aliphatic rings. The molecule has 0 saturated carbocycles. The number of hydrogen-bond acceptors (Lipinski definition) is 2. The Labute approximate surface area is 168 Å². The van der Waals surface area contributed by atoms with E-state index in [2.05, 4.69) is 71.7 Å². The van der Waals surface area contributed by atoms with Crippen molar-refractivity contribution in [3.63, 3.8) is 0 Å². The molecule has 0 radical (unpaired) electrons. The summed E-state index contributed by atoms with van der Waals surface area (Å²) in [6.45, 7) is 8.87. The van der Waals surface area contributed by atoms with E-state index in [4.69, 9.17) is 0 Å². The summed E-state index contributed by atoms with van der Waals surface area (Å²) in [5.41, 5.74) is 2.33. The first kappa shape index (κ1) is 21.4. The van der Waals surface area contributed by atoms with Crippen molar-refractivity contribution in [2.75, 3.05) is 13.1 Å². The molecule has 1 aromatic heterocycles. The number of guanidine groups is 1. The van der Waals surface area contributed by atoms with Gasteiger partial charge in [0.25, 0.3) is 0 Å². The van der Waals surface area contributed by atoms with Gasteiger partial charge in [0.1, 0.15) is 0 Å². The number of rotatable bonds is 7. The van der Waals surface area contributed by atoms with Gasteiger partial charge in [-0.05, 0) is 30.5 Å². The summed E-state index contributed by atoms with van der Waals surface area (Å²) in [4.78, 5) is 8.96. The highest BCUT2D eigenvalue weighted by Gasteiger charge is 2.16. The van der Waals surface area contributed by atoms with Crippen molar-refractivity contribution >= 4 is 29.9 Å². The van der Waals surface area contributed by atoms with E-state index in [0.29, 0.717) is 18.4 Å². The number of pyridine rings is 1. The molecule has 2 rings (SSSR count). The van der Waals surface area contributed by atoms with Gasteiger partial charge in [-0.3, -0.25) is 4.98 Å². The zero-order chi connectivity index (χ0) is 17.2. The van der Waals surface area contributed by atoms with Crippen molar-refractivity contribution in [1.29, 1.82) is 0 Å². The third-order valence-corrected chi connectivity index (χ3v) is 3.99. The Kier molecular flexibility index (Phi) is 10.1. The van der Waals surface area contributed by atoms with Crippen LogP contribution in [0, 0.1) is 5.92 Å². The maximum atomic E-state index is 4.64. The molecular weight excluding hydrogens is 423 g/mol. The summed E-state index contributed by atoms with van der Waals surface area (Å²) in [6, 6.07) is 16.6. The second-order valence-corrected chi connectivity index (χ2v) is 6.16. The first-order valence-electron chi connectivity index (χ1n) is 8.67. The van der Waals surface area contributed by atoms with Crippen LogP contribution in [-0.4, -0.2) is 24.0 Å². The topological polar surface area (TPSA) is 49.3 Å². The van der Waals surface area contributed by atoms with Crippen LogP contribution in [0.3, 0.4) is 0 Å². The summed E-state index contributed by atoms with van der Waals surface area (Å²) >= 11 is 0. The highest BCUT2D eigenvalue weighted by molar-refractivity contribution is 14.0. The molecular formula is C20H29IN4. The largest absolute Gasteiger partial charge is 0.357 e. The molecule has 5 heteroatoms. The fraction of sp³-hybridized carbons (Fsp3) is 0.400. The first-order chi connectivity index (χ1) is 11.7. The lowest BCUT2D eigenvalue weighted by Gasteiger charge is -2.23. The molecule has 0 bridgehead atoms. The standard InChI is InChI=1S/C20H28N4.HI/c1-4-21-20(23-14-18-12-8-9-13-22-18)24-15-19(16(2)3)17-10-6-5-7-11-17;/h5-13,16,19H,4,14-15H2,1-3H3,(H2,21,23,24);1H. The Bertz CT molecular complexity index is 614. The van der Waals surface area contributed by atoms with Gasteiger partial charge in [-0.25, -0.2) is 4.99 Å². The van der Waals surface area contributed by atoms with Crippen LogP contribution < -0.4 is 10.6 Å². The molecule has 0 aliphatic carbocycles. The number of aliphatic imine (C=N–C) groups is 1. The van der Waals surface area contributed by atoms with Gasteiger partial charge in [-0.1, -0.05) is 50.2 Å². The molecule has 4 nitrogen and oxygen atoms in total. The second-order valence-electron chi connectivity index (χ2n) is 6.16. The molecule has 0 aliphatic heterocycles. The molecule has 0 amide bonds. The van der Waals surface area contributed by atoms with E-state index in [-0.39, 0.29) is 24.0 Å². The van der Waals surface area contributed by atoms with Crippen molar-refractivity contribution in [3.8, 4) is 0 Å². The Balaban J connectivity index is 0.00000312. The van der Waals surface area contributed by atoms with E-state index in [1.807, 2.05) is 18.2 Å². The molecule has 1 aromatic carbocycles. The maximum absolute atomic E-state index is 4.64. The number of hydrogen-bond donors (Lipinski definition) is 2. The van der Waals surface area contributed by atoms with Crippen LogP contribution in [0.1, 0.15) is 37.9 Å². The zero-order valence-corrected chi connectivity index (χ0v) is 17.6. The van der Waals surface area contributed by atoms with Crippen molar-refractivity contribution in [2.45, 2.75) is 33.2 Å². The van der Waals surface area contributed by atoms with Crippen LogP contribution in [-0.2, 0) is 6.54 Å². The van der Waals surface area contributed by atoms with Crippen LogP contribution in [0.15, 0.2) is 59.7 Å². The average molecular weight is 452 g/mol. The van der Waals surface area contributed by atoms with Crippen LogP contribution in [0.5, 0.6) is 0 Å². The van der Waals surface area contributed by atoms with Gasteiger partial charge in [-0.2, -0.15) is 0 Å². The molecule has 136 valence electrons. The summed E-state index contributed by atoms with van der Waals surface area (Å²) in [5, 5.41) is 6.79. The Morgan fingerprint density at radius 2 is 1.76 bits per heavy atom. The lowest BCUT2D eigenvalue weighted by molar-refractivity contribution is 0.488. The Hall–Kier alpha value is -1.63. The smallest absolute Gasteiger partial charge is 0.191 e. The number of nitrogens with one attached hydrogen (secondary N) is 2. The number of benzene rings is 1. The van der Waals surface area contributed by atoms with E-state index >= 15 is 0 Å². The molecule has 0 saturated heterocycles. The molecule has 1 heterocycles. The molecule has 2 N–H and O–H groups in total. The summed E-state index contributed by atoms with van der Waals surface area (Å²) < 4.78 is 0. The van der Waals surface area contributed by atoms with Crippen LogP contribution in [0.4, 0.5) is 0 Å². The lowest BCUT2D eigenvalue weighted by atomic mass is 9.88. The van der Waals surface area contributed by atoms with Gasteiger partial charge >= 0.3 is 0 Å². The minimum absolute atomic E-state index is 0. The predicted octanol–water partition coefficient (Wildman–Crippen LogP) is 4.19. The zero-order valence-electron chi connectivity index (χ0n) is 15.3. The minimum atomic E-state index is 0. The highest BCUT2D eigenvalue weighted by atomic mass is 127. The van der Waals surface area contributed by atoms with Gasteiger partial charge in [0, 0.05) is 25.2 Å². The quantitative estimate of drug-likeness (QED) is 0.376. The molecule has 0 fully saturated rings. The molecule has 1 unspecified atom stereocenters. The van der Waals surface area contributed by atoms with Gasteiger partial charge in [0.05, 0.1) is 12.2 Å². The fourth-order valence-electron chi connectivity index (χ4n) is 2.64. The van der Waals surface area contributed by atoms with Gasteiger partial charge in [0.2, 0.25) is 0 Å². The normalized spacial score (nSPS) is 12.4. The van der Waals surface area contributed by atoms with Gasteiger partial charge in [0.15, 0.2) is 5.96 Å². The van der Waals surface area contributed by atoms with E-state index in [1.165, 1.54) is 5.56 Å². The highest BCUT2D eigenvalue weighted by Crippen LogP contribution is 2.23. The third-order valence-electron chi connectivity index (χ3n) is 3.99.